The Morgan fingerprint density at radius 1 is 0.875 bits per heavy atom. The molecule has 1 saturated heterocycles. The minimum absolute atomic E-state index is 0.114. The van der Waals surface area contributed by atoms with Crippen LogP contribution in [0, 0.1) is 24.6 Å². The van der Waals surface area contributed by atoms with Crippen molar-refractivity contribution >= 4 is 17.7 Å². The Bertz CT molecular complexity index is 1190. The fourth-order valence-corrected chi connectivity index (χ4v) is 6.31. The number of carbonyl (C=O) groups excluding carboxylic acids is 3. The summed E-state index contributed by atoms with van der Waals surface area (Å²) in [4.78, 5) is 44.5. The minimum atomic E-state index is -0.671. The number of hydrogen-bond donors (Lipinski definition) is 2. The average molecular weight is 549 g/mol. The van der Waals surface area contributed by atoms with E-state index in [1.165, 1.54) is 24.3 Å². The van der Waals surface area contributed by atoms with Crippen LogP contribution in [-0.4, -0.2) is 65.3 Å². The molecule has 0 spiro atoms. The second-order valence-electron chi connectivity index (χ2n) is 11.9. The number of nitrogens with one attached hydrogen (secondary N) is 1. The summed E-state index contributed by atoms with van der Waals surface area (Å²) in [6, 6.07) is 12.3. The number of aryl methyl sites for hydroxylation is 1. The van der Waals surface area contributed by atoms with E-state index < -0.39 is 6.04 Å². The third-order valence-corrected chi connectivity index (χ3v) is 8.96. The number of hydrogen-bond acceptors (Lipinski definition) is 4. The number of carbonyl (C=O) groups is 3. The molecule has 2 atom stereocenters. The molecule has 214 valence electrons. The van der Waals surface area contributed by atoms with Gasteiger partial charge < -0.3 is 20.9 Å². The molecule has 3 fully saturated rings. The van der Waals surface area contributed by atoms with Crippen LogP contribution in [0.2, 0.25) is 0 Å². The SMILES string of the molecule is Cc1ccc(C(=O)N2CCC(N(C(=O)c3ccc(F)cc3)C3CC3)C[C@@H]2C(=O)NCC2CCC(CN)CC2)cc1. The van der Waals surface area contributed by atoms with E-state index in [4.69, 9.17) is 5.73 Å². The summed E-state index contributed by atoms with van der Waals surface area (Å²) in [6.45, 7) is 3.66. The van der Waals surface area contributed by atoms with Crippen LogP contribution in [0.4, 0.5) is 4.39 Å². The molecule has 2 aromatic carbocycles. The van der Waals surface area contributed by atoms with Crippen molar-refractivity contribution in [2.24, 2.45) is 17.6 Å². The number of rotatable bonds is 8. The van der Waals surface area contributed by atoms with Crippen molar-refractivity contribution < 1.29 is 18.8 Å². The molecule has 3 N–H and O–H groups in total. The number of likely N-dealkylation sites (tertiary alicyclic amines) is 1. The number of nitrogens with two attached hydrogens (primary N) is 1. The average Bonchev–Trinajstić information content (AvgIpc) is 3.82. The van der Waals surface area contributed by atoms with E-state index in [1.54, 1.807) is 4.90 Å². The summed E-state index contributed by atoms with van der Waals surface area (Å²) < 4.78 is 13.5. The molecule has 8 heteroatoms. The van der Waals surface area contributed by atoms with E-state index in [0.717, 1.165) is 44.1 Å². The maximum atomic E-state index is 13.7. The van der Waals surface area contributed by atoms with E-state index in [1.807, 2.05) is 36.1 Å². The van der Waals surface area contributed by atoms with Crippen LogP contribution in [0.15, 0.2) is 48.5 Å². The fraction of sp³-hybridized carbons (Fsp3) is 0.531. The summed E-state index contributed by atoms with van der Waals surface area (Å²) >= 11 is 0. The zero-order valence-corrected chi connectivity index (χ0v) is 23.4. The van der Waals surface area contributed by atoms with Gasteiger partial charge in [-0.25, -0.2) is 4.39 Å². The van der Waals surface area contributed by atoms with E-state index in [0.29, 0.717) is 55.4 Å². The van der Waals surface area contributed by atoms with Gasteiger partial charge in [-0.1, -0.05) is 17.7 Å². The Kier molecular flexibility index (Phi) is 8.84. The van der Waals surface area contributed by atoms with E-state index in [-0.39, 0.29) is 35.6 Å². The third-order valence-electron chi connectivity index (χ3n) is 8.96. The van der Waals surface area contributed by atoms with Gasteiger partial charge in [-0.3, -0.25) is 14.4 Å². The Labute approximate surface area is 236 Å². The number of amides is 3. The zero-order chi connectivity index (χ0) is 28.2. The van der Waals surface area contributed by atoms with Crippen LogP contribution < -0.4 is 11.1 Å². The van der Waals surface area contributed by atoms with Crippen LogP contribution in [0.1, 0.15) is 77.6 Å². The van der Waals surface area contributed by atoms with Gasteiger partial charge in [0.1, 0.15) is 11.9 Å². The van der Waals surface area contributed by atoms with Crippen molar-refractivity contribution in [2.45, 2.75) is 76.4 Å². The molecule has 0 radical (unpaired) electrons. The molecule has 7 nitrogen and oxygen atoms in total. The molecule has 1 heterocycles. The summed E-state index contributed by atoms with van der Waals surface area (Å²) in [5.74, 6) is 0.143. The lowest BCUT2D eigenvalue weighted by molar-refractivity contribution is -0.127. The monoisotopic (exact) mass is 548 g/mol. The van der Waals surface area contributed by atoms with Crippen LogP contribution in [0.25, 0.3) is 0 Å². The van der Waals surface area contributed by atoms with Crippen molar-refractivity contribution in [3.05, 3.63) is 71.0 Å². The highest BCUT2D eigenvalue weighted by Gasteiger charge is 2.44. The lowest BCUT2D eigenvalue weighted by Crippen LogP contribution is -2.58. The third kappa shape index (κ3) is 6.54. The van der Waals surface area contributed by atoms with Crippen LogP contribution in [0.3, 0.4) is 0 Å². The highest BCUT2D eigenvalue weighted by atomic mass is 19.1. The van der Waals surface area contributed by atoms with Gasteiger partial charge >= 0.3 is 0 Å². The summed E-state index contributed by atoms with van der Waals surface area (Å²) in [5.41, 5.74) is 7.91. The number of piperidine rings is 1. The molecule has 1 unspecified atom stereocenters. The first-order valence-corrected chi connectivity index (χ1v) is 14.8. The van der Waals surface area contributed by atoms with Gasteiger partial charge in [-0.2, -0.15) is 0 Å². The number of nitrogens with zero attached hydrogens (tertiary/aromatic N) is 2. The molecule has 2 aliphatic carbocycles. The molecule has 3 amide bonds. The molecule has 3 aliphatic rings. The van der Waals surface area contributed by atoms with Crippen molar-refractivity contribution in [2.75, 3.05) is 19.6 Å². The molecule has 40 heavy (non-hydrogen) atoms. The Hall–Kier alpha value is -3.26. The number of halogens is 1. The Morgan fingerprint density at radius 2 is 1.50 bits per heavy atom. The lowest BCUT2D eigenvalue weighted by atomic mass is 9.82. The minimum Gasteiger partial charge on any atom is -0.354 e. The first-order valence-electron chi connectivity index (χ1n) is 14.8. The predicted octanol–water partition coefficient (Wildman–Crippen LogP) is 4.29. The van der Waals surface area contributed by atoms with E-state index in [2.05, 4.69) is 5.32 Å². The van der Waals surface area contributed by atoms with Gasteiger partial charge in [-0.15, -0.1) is 0 Å². The van der Waals surface area contributed by atoms with Crippen molar-refractivity contribution in [3.63, 3.8) is 0 Å². The van der Waals surface area contributed by atoms with Gasteiger partial charge in [0.25, 0.3) is 11.8 Å². The highest BCUT2D eigenvalue weighted by molar-refractivity contribution is 5.98. The normalized spacial score (nSPS) is 24.8. The zero-order valence-electron chi connectivity index (χ0n) is 23.4. The van der Waals surface area contributed by atoms with Crippen molar-refractivity contribution in [1.82, 2.24) is 15.1 Å². The summed E-state index contributed by atoms with van der Waals surface area (Å²) in [5, 5.41) is 3.16. The molecule has 1 aliphatic heterocycles. The standard InChI is InChI=1S/C32H41FN4O3/c1-21-2-8-24(9-3-21)31(39)36-17-16-28(37(27-14-15-27)32(40)25-10-12-26(33)13-11-25)18-29(36)30(38)35-20-23-6-4-22(19-34)5-7-23/h2-3,8-13,22-23,27-29H,4-7,14-20,34H2,1H3,(H,35,38)/t22?,23?,28?,29-/m1/s1. The maximum absolute atomic E-state index is 13.7. The van der Waals surface area contributed by atoms with Gasteiger partial charge in [-0.05, 0) is 113 Å². The van der Waals surface area contributed by atoms with Gasteiger partial charge in [0, 0.05) is 36.3 Å². The van der Waals surface area contributed by atoms with Crippen LogP contribution in [-0.2, 0) is 4.79 Å². The number of benzene rings is 2. The maximum Gasteiger partial charge on any atom is 0.254 e. The molecule has 2 aromatic rings. The van der Waals surface area contributed by atoms with Crippen LogP contribution >= 0.6 is 0 Å². The first kappa shape index (κ1) is 28.3. The van der Waals surface area contributed by atoms with Gasteiger partial charge in [0.05, 0.1) is 0 Å². The van der Waals surface area contributed by atoms with E-state index >= 15 is 0 Å². The molecule has 5 rings (SSSR count). The molecular formula is C32H41FN4O3. The second kappa shape index (κ2) is 12.5. The van der Waals surface area contributed by atoms with Gasteiger partial charge in [0.2, 0.25) is 5.91 Å². The Morgan fingerprint density at radius 3 is 2.12 bits per heavy atom. The van der Waals surface area contributed by atoms with Crippen molar-refractivity contribution in [3.8, 4) is 0 Å². The second-order valence-corrected chi connectivity index (χ2v) is 11.9. The smallest absolute Gasteiger partial charge is 0.254 e. The molecular weight excluding hydrogens is 507 g/mol. The van der Waals surface area contributed by atoms with E-state index in [9.17, 15) is 18.8 Å². The quantitative estimate of drug-likeness (QED) is 0.514. The molecule has 0 bridgehead atoms. The Balaban J connectivity index is 1.33. The summed E-state index contributed by atoms with van der Waals surface area (Å²) in [7, 11) is 0. The largest absolute Gasteiger partial charge is 0.354 e. The van der Waals surface area contributed by atoms with Crippen molar-refractivity contribution in [1.29, 1.82) is 0 Å². The summed E-state index contributed by atoms with van der Waals surface area (Å²) in [6.07, 6.45) is 7.06. The van der Waals surface area contributed by atoms with Crippen LogP contribution in [0.5, 0.6) is 0 Å². The lowest BCUT2D eigenvalue weighted by Gasteiger charge is -2.43. The predicted molar refractivity (Wildman–Crippen MR) is 152 cm³/mol. The molecule has 2 saturated carbocycles. The molecule has 0 aromatic heterocycles. The van der Waals surface area contributed by atoms with Gasteiger partial charge in [0.15, 0.2) is 0 Å². The fourth-order valence-electron chi connectivity index (χ4n) is 6.31. The highest BCUT2D eigenvalue weighted by Crippen LogP contribution is 2.35. The topological polar surface area (TPSA) is 95.7 Å². The first-order chi connectivity index (χ1) is 19.3.